The van der Waals surface area contributed by atoms with Crippen molar-refractivity contribution < 1.29 is 17.7 Å². The lowest BCUT2D eigenvalue weighted by Gasteiger charge is -2.14. The third kappa shape index (κ3) is 5.51. The molecule has 5 heteroatoms. The molecule has 0 saturated carbocycles. The molecule has 0 spiro atoms. The minimum atomic E-state index is -4.12. The molecular formula is C15H23O4S. The van der Waals surface area contributed by atoms with Gasteiger partial charge in [-0.3, -0.25) is 4.55 Å². The van der Waals surface area contributed by atoms with Gasteiger partial charge in [0.15, 0.2) is 0 Å². The van der Waals surface area contributed by atoms with Crippen molar-refractivity contribution in [2.75, 3.05) is 6.61 Å². The Morgan fingerprint density at radius 1 is 1.35 bits per heavy atom. The maximum Gasteiger partial charge on any atom is 0.271 e. The van der Waals surface area contributed by atoms with E-state index in [2.05, 4.69) is 13.8 Å². The highest BCUT2D eigenvalue weighted by Gasteiger charge is 2.24. The SMILES string of the molecule is [CH2]CCC(c1cccc(OCCCCC)c1)S(=O)(=O)O. The lowest BCUT2D eigenvalue weighted by atomic mass is 10.1. The van der Waals surface area contributed by atoms with Crippen LogP contribution in [0.15, 0.2) is 24.3 Å². The van der Waals surface area contributed by atoms with Gasteiger partial charge in [0.1, 0.15) is 11.0 Å². The molecule has 0 bridgehead atoms. The highest BCUT2D eigenvalue weighted by molar-refractivity contribution is 7.86. The van der Waals surface area contributed by atoms with Crippen LogP contribution >= 0.6 is 0 Å². The molecule has 0 aliphatic carbocycles. The van der Waals surface area contributed by atoms with Crippen molar-refractivity contribution in [2.45, 2.75) is 44.3 Å². The summed E-state index contributed by atoms with van der Waals surface area (Å²) < 4.78 is 37.7. The van der Waals surface area contributed by atoms with Crippen LogP contribution in [-0.2, 0) is 10.1 Å². The molecule has 0 aliphatic heterocycles. The van der Waals surface area contributed by atoms with Crippen LogP contribution in [0.1, 0.15) is 49.8 Å². The van der Waals surface area contributed by atoms with E-state index in [9.17, 15) is 13.0 Å². The van der Waals surface area contributed by atoms with E-state index in [1.807, 2.05) is 0 Å². The van der Waals surface area contributed by atoms with Gasteiger partial charge in [-0.15, -0.1) is 0 Å². The zero-order valence-corrected chi connectivity index (χ0v) is 12.7. The fourth-order valence-corrected chi connectivity index (χ4v) is 2.97. The highest BCUT2D eigenvalue weighted by atomic mass is 32.2. The van der Waals surface area contributed by atoms with Crippen LogP contribution in [0.5, 0.6) is 5.75 Å². The molecule has 0 aromatic heterocycles. The third-order valence-electron chi connectivity index (χ3n) is 3.07. The van der Waals surface area contributed by atoms with Crippen LogP contribution in [0.4, 0.5) is 0 Å². The Morgan fingerprint density at radius 3 is 2.70 bits per heavy atom. The van der Waals surface area contributed by atoms with Crippen molar-refractivity contribution in [1.82, 2.24) is 0 Å². The van der Waals surface area contributed by atoms with Crippen LogP contribution in [0.25, 0.3) is 0 Å². The summed E-state index contributed by atoms with van der Waals surface area (Å²) in [5, 5.41) is -0.931. The lowest BCUT2D eigenvalue weighted by Crippen LogP contribution is -2.12. The second kappa shape index (κ2) is 8.27. The summed E-state index contributed by atoms with van der Waals surface area (Å²) in [6.45, 7) is 6.39. The first-order valence-electron chi connectivity index (χ1n) is 6.97. The summed E-state index contributed by atoms with van der Waals surface area (Å²) in [6, 6.07) is 6.90. The first kappa shape index (κ1) is 17.0. The van der Waals surface area contributed by atoms with Gasteiger partial charge >= 0.3 is 0 Å². The van der Waals surface area contributed by atoms with Gasteiger partial charge in [0.05, 0.1) is 6.61 Å². The van der Waals surface area contributed by atoms with Crippen molar-refractivity contribution in [3.8, 4) is 5.75 Å². The average Bonchev–Trinajstić information content (AvgIpc) is 2.40. The summed E-state index contributed by atoms with van der Waals surface area (Å²) in [5.74, 6) is 0.635. The predicted molar refractivity (Wildman–Crippen MR) is 80.3 cm³/mol. The summed E-state index contributed by atoms with van der Waals surface area (Å²) >= 11 is 0. The molecule has 0 heterocycles. The molecule has 0 fully saturated rings. The van der Waals surface area contributed by atoms with E-state index in [0.717, 1.165) is 19.3 Å². The monoisotopic (exact) mass is 299 g/mol. The molecule has 0 saturated heterocycles. The van der Waals surface area contributed by atoms with E-state index in [0.29, 0.717) is 24.3 Å². The molecular weight excluding hydrogens is 276 g/mol. The number of rotatable bonds is 9. The molecule has 4 nitrogen and oxygen atoms in total. The van der Waals surface area contributed by atoms with Gasteiger partial charge in [0, 0.05) is 0 Å². The van der Waals surface area contributed by atoms with E-state index in [-0.39, 0.29) is 6.42 Å². The Hall–Kier alpha value is -1.07. The molecule has 1 rings (SSSR count). The minimum absolute atomic E-state index is 0.290. The van der Waals surface area contributed by atoms with E-state index in [1.165, 1.54) is 0 Å². The number of hydrogen-bond acceptors (Lipinski definition) is 3. The van der Waals surface area contributed by atoms with Gasteiger partial charge in [-0.05, 0) is 30.5 Å². The van der Waals surface area contributed by atoms with Crippen LogP contribution < -0.4 is 4.74 Å². The molecule has 20 heavy (non-hydrogen) atoms. The Labute approximate surface area is 121 Å². The van der Waals surface area contributed by atoms with Crippen LogP contribution in [-0.4, -0.2) is 19.6 Å². The maximum atomic E-state index is 11.4. The lowest BCUT2D eigenvalue weighted by molar-refractivity contribution is 0.306. The van der Waals surface area contributed by atoms with Crippen molar-refractivity contribution in [3.63, 3.8) is 0 Å². The van der Waals surface area contributed by atoms with E-state index < -0.39 is 15.4 Å². The van der Waals surface area contributed by atoms with E-state index in [4.69, 9.17) is 4.74 Å². The van der Waals surface area contributed by atoms with E-state index in [1.54, 1.807) is 24.3 Å². The van der Waals surface area contributed by atoms with Crippen molar-refractivity contribution in [1.29, 1.82) is 0 Å². The van der Waals surface area contributed by atoms with Gasteiger partial charge in [0.2, 0.25) is 0 Å². The Balaban J connectivity index is 2.79. The third-order valence-corrected chi connectivity index (χ3v) is 4.30. The van der Waals surface area contributed by atoms with Crippen molar-refractivity contribution >= 4 is 10.1 Å². The fraction of sp³-hybridized carbons (Fsp3) is 0.533. The van der Waals surface area contributed by atoms with Crippen LogP contribution in [0.3, 0.4) is 0 Å². The number of hydrogen-bond donors (Lipinski definition) is 1. The summed E-state index contributed by atoms with van der Waals surface area (Å²) in [7, 11) is -4.12. The first-order chi connectivity index (χ1) is 9.49. The quantitative estimate of drug-likeness (QED) is 0.556. The second-order valence-electron chi connectivity index (χ2n) is 4.77. The largest absolute Gasteiger partial charge is 0.494 e. The van der Waals surface area contributed by atoms with Gasteiger partial charge in [-0.1, -0.05) is 45.2 Å². The zero-order valence-electron chi connectivity index (χ0n) is 11.9. The Bertz CT molecular complexity index is 496. The zero-order chi connectivity index (χ0) is 15.0. The molecule has 1 atom stereocenters. The van der Waals surface area contributed by atoms with Crippen LogP contribution in [0, 0.1) is 6.92 Å². The number of ether oxygens (including phenoxy) is 1. The molecule has 113 valence electrons. The second-order valence-corrected chi connectivity index (χ2v) is 6.37. The normalized spacial score (nSPS) is 13.2. The van der Waals surface area contributed by atoms with Gasteiger partial charge in [-0.25, -0.2) is 0 Å². The molecule has 0 amide bonds. The summed E-state index contributed by atoms with van der Waals surface area (Å²) in [6.07, 6.45) is 3.93. The molecule has 1 aromatic carbocycles. The molecule has 0 aliphatic rings. The smallest absolute Gasteiger partial charge is 0.271 e. The van der Waals surface area contributed by atoms with E-state index >= 15 is 0 Å². The molecule has 1 radical (unpaired) electrons. The molecule has 1 N–H and O–H groups in total. The average molecular weight is 299 g/mol. The highest BCUT2D eigenvalue weighted by Crippen LogP contribution is 2.29. The number of benzene rings is 1. The predicted octanol–water partition coefficient (Wildman–Crippen LogP) is 3.80. The standard InChI is InChI=1S/C15H23O4S/c1-3-5-6-11-19-14-10-7-9-13(12-14)15(8-4-2)20(16,17)18/h7,9-10,12,15H,2-6,8,11H2,1H3,(H,16,17,18). The van der Waals surface area contributed by atoms with Crippen molar-refractivity contribution in [2.24, 2.45) is 0 Å². The Morgan fingerprint density at radius 2 is 2.10 bits per heavy atom. The number of unbranched alkanes of at least 4 members (excludes halogenated alkanes) is 2. The first-order valence-corrected chi connectivity index (χ1v) is 8.47. The topological polar surface area (TPSA) is 63.6 Å². The maximum absolute atomic E-state index is 11.4. The van der Waals surface area contributed by atoms with Gasteiger partial charge in [0.25, 0.3) is 10.1 Å². The van der Waals surface area contributed by atoms with Crippen molar-refractivity contribution in [3.05, 3.63) is 36.8 Å². The molecule has 1 unspecified atom stereocenters. The van der Waals surface area contributed by atoms with Gasteiger partial charge < -0.3 is 4.74 Å². The fourth-order valence-electron chi connectivity index (χ4n) is 2.02. The summed E-state index contributed by atoms with van der Waals surface area (Å²) in [4.78, 5) is 0. The van der Waals surface area contributed by atoms with Gasteiger partial charge in [-0.2, -0.15) is 8.42 Å². The molecule has 1 aromatic rings. The van der Waals surface area contributed by atoms with Crippen LogP contribution in [0.2, 0.25) is 0 Å². The Kier molecular flexibility index (Phi) is 7.02. The minimum Gasteiger partial charge on any atom is -0.494 e. The summed E-state index contributed by atoms with van der Waals surface area (Å²) in [5.41, 5.74) is 0.546.